The van der Waals surface area contributed by atoms with Gasteiger partial charge in [-0.3, -0.25) is 4.79 Å². The lowest BCUT2D eigenvalue weighted by Crippen LogP contribution is -2.33. The Kier molecular flexibility index (Phi) is 8.59. The number of carbonyl (C=O) groups excluding carboxylic acids is 1. The van der Waals surface area contributed by atoms with Gasteiger partial charge in [0.2, 0.25) is 5.91 Å². The van der Waals surface area contributed by atoms with E-state index in [2.05, 4.69) is 11.2 Å². The van der Waals surface area contributed by atoms with Gasteiger partial charge in [0.15, 0.2) is 0 Å². The predicted molar refractivity (Wildman–Crippen MR) is 62.7 cm³/mol. The minimum absolute atomic E-state index is 0.125. The van der Waals surface area contributed by atoms with Gasteiger partial charge in [-0.2, -0.15) is 0 Å². The van der Waals surface area contributed by atoms with Crippen LogP contribution in [0.4, 0.5) is 0 Å². The molecule has 1 atom stereocenters. The second kappa shape index (κ2) is 9.20. The van der Waals surface area contributed by atoms with Gasteiger partial charge in [0.1, 0.15) is 6.61 Å². The molecule has 1 unspecified atom stereocenters. The van der Waals surface area contributed by atoms with Crippen LogP contribution in [-0.4, -0.2) is 36.9 Å². The molecular weight excluding hydrogens is 206 g/mol. The van der Waals surface area contributed by atoms with E-state index in [1.54, 1.807) is 0 Å². The molecule has 0 aliphatic carbocycles. The highest BCUT2D eigenvalue weighted by atomic mass is 16.5. The number of ether oxygens (including phenoxy) is 1. The van der Waals surface area contributed by atoms with Crippen molar-refractivity contribution in [3.05, 3.63) is 0 Å². The Morgan fingerprint density at radius 2 is 2.25 bits per heavy atom. The number of hydrogen-bond donors (Lipinski definition) is 2. The van der Waals surface area contributed by atoms with Crippen molar-refractivity contribution in [2.24, 2.45) is 5.92 Å². The molecule has 0 spiro atoms. The summed E-state index contributed by atoms with van der Waals surface area (Å²) in [6.45, 7) is 4.89. The summed E-state index contributed by atoms with van der Waals surface area (Å²) >= 11 is 0. The second-order valence-corrected chi connectivity index (χ2v) is 4.09. The molecule has 0 fully saturated rings. The summed E-state index contributed by atoms with van der Waals surface area (Å²) in [6, 6.07) is 0. The van der Waals surface area contributed by atoms with Gasteiger partial charge in [-0.05, 0) is 12.3 Å². The Bertz CT molecular complexity index is 233. The highest BCUT2D eigenvalue weighted by Gasteiger charge is 2.08. The summed E-state index contributed by atoms with van der Waals surface area (Å²) in [5.41, 5.74) is 0. The fourth-order valence-corrected chi connectivity index (χ4v) is 1.24. The van der Waals surface area contributed by atoms with Crippen molar-refractivity contribution in [2.75, 3.05) is 19.8 Å². The fourth-order valence-electron chi connectivity index (χ4n) is 1.24. The van der Waals surface area contributed by atoms with Crippen molar-refractivity contribution < 1.29 is 14.6 Å². The first-order valence-corrected chi connectivity index (χ1v) is 5.52. The molecule has 0 heterocycles. The van der Waals surface area contributed by atoms with Gasteiger partial charge in [0.25, 0.3) is 0 Å². The van der Waals surface area contributed by atoms with E-state index in [1.165, 1.54) is 0 Å². The normalized spacial score (nSPS) is 12.2. The third-order valence-corrected chi connectivity index (χ3v) is 1.94. The van der Waals surface area contributed by atoms with Gasteiger partial charge >= 0.3 is 0 Å². The number of aliphatic hydroxyl groups is 1. The van der Waals surface area contributed by atoms with E-state index in [-0.39, 0.29) is 18.9 Å². The zero-order chi connectivity index (χ0) is 12.4. The Balaban J connectivity index is 3.46. The Morgan fingerprint density at radius 1 is 1.56 bits per heavy atom. The zero-order valence-corrected chi connectivity index (χ0v) is 10.0. The molecule has 4 heteroatoms. The fraction of sp³-hybridized carbons (Fsp3) is 0.750. The van der Waals surface area contributed by atoms with Crippen molar-refractivity contribution in [3.8, 4) is 12.3 Å². The highest BCUT2D eigenvalue weighted by Crippen LogP contribution is 2.03. The van der Waals surface area contributed by atoms with Crippen molar-refractivity contribution in [2.45, 2.75) is 32.8 Å². The highest BCUT2D eigenvalue weighted by molar-refractivity contribution is 5.75. The van der Waals surface area contributed by atoms with Crippen LogP contribution in [-0.2, 0) is 9.53 Å². The molecule has 0 aliphatic rings. The smallest absolute Gasteiger partial charge is 0.222 e. The van der Waals surface area contributed by atoms with Crippen LogP contribution in [0.5, 0.6) is 0 Å². The summed E-state index contributed by atoms with van der Waals surface area (Å²) in [4.78, 5) is 11.2. The summed E-state index contributed by atoms with van der Waals surface area (Å²) in [6.07, 6.45) is 5.47. The van der Waals surface area contributed by atoms with Crippen molar-refractivity contribution in [1.29, 1.82) is 0 Å². The topological polar surface area (TPSA) is 58.6 Å². The van der Waals surface area contributed by atoms with E-state index >= 15 is 0 Å². The Labute approximate surface area is 97.4 Å². The lowest BCUT2D eigenvalue weighted by atomic mass is 10.1. The number of rotatable bonds is 8. The van der Waals surface area contributed by atoms with Crippen molar-refractivity contribution >= 4 is 5.91 Å². The molecule has 4 nitrogen and oxygen atoms in total. The number of nitrogens with one attached hydrogen (secondary N) is 1. The van der Waals surface area contributed by atoms with E-state index in [0.717, 1.165) is 0 Å². The predicted octanol–water partition coefficient (Wildman–Crippen LogP) is 0.549. The van der Waals surface area contributed by atoms with Crippen LogP contribution in [0.3, 0.4) is 0 Å². The molecule has 1 amide bonds. The number of terminal acetylenes is 1. The average Bonchev–Trinajstić information content (AvgIpc) is 2.20. The summed E-state index contributed by atoms with van der Waals surface area (Å²) < 4.78 is 4.97. The first-order valence-electron chi connectivity index (χ1n) is 5.52. The minimum atomic E-state index is -0.476. The van der Waals surface area contributed by atoms with Gasteiger partial charge in [-0.1, -0.05) is 19.8 Å². The maximum absolute atomic E-state index is 11.2. The monoisotopic (exact) mass is 227 g/mol. The third-order valence-electron chi connectivity index (χ3n) is 1.94. The maximum Gasteiger partial charge on any atom is 0.222 e. The average molecular weight is 227 g/mol. The molecule has 0 aromatic carbocycles. The van der Waals surface area contributed by atoms with Crippen LogP contribution in [0.25, 0.3) is 0 Å². The first-order chi connectivity index (χ1) is 7.56. The molecular formula is C12H21NO3. The van der Waals surface area contributed by atoms with Crippen LogP contribution in [0.1, 0.15) is 26.7 Å². The molecule has 0 rings (SSSR count). The van der Waals surface area contributed by atoms with Crippen molar-refractivity contribution in [1.82, 2.24) is 5.32 Å². The van der Waals surface area contributed by atoms with Gasteiger partial charge < -0.3 is 15.2 Å². The van der Waals surface area contributed by atoms with Crippen LogP contribution in [0.15, 0.2) is 0 Å². The first kappa shape index (κ1) is 14.9. The van der Waals surface area contributed by atoms with E-state index in [0.29, 0.717) is 25.5 Å². The third kappa shape index (κ3) is 9.50. The molecule has 0 radical (unpaired) electrons. The second-order valence-electron chi connectivity index (χ2n) is 4.09. The lowest BCUT2D eigenvalue weighted by molar-refractivity contribution is -0.122. The lowest BCUT2D eigenvalue weighted by Gasteiger charge is -2.13. The van der Waals surface area contributed by atoms with E-state index in [1.807, 2.05) is 13.8 Å². The van der Waals surface area contributed by atoms with Crippen LogP contribution in [0.2, 0.25) is 0 Å². The van der Waals surface area contributed by atoms with Crippen LogP contribution >= 0.6 is 0 Å². The van der Waals surface area contributed by atoms with Crippen LogP contribution in [0, 0.1) is 18.3 Å². The number of aliphatic hydroxyl groups excluding tert-OH is 1. The van der Waals surface area contributed by atoms with E-state index < -0.39 is 6.10 Å². The number of carbonyl (C=O) groups is 1. The maximum atomic E-state index is 11.2. The molecule has 2 N–H and O–H groups in total. The molecule has 92 valence electrons. The standard InChI is InChI=1S/C12H21NO3/c1-4-6-16-7-5-12(15)13-9-11(14)8-10(2)3/h1,10-11,14H,5-9H2,2-3H3,(H,13,15). The molecule has 0 aromatic rings. The van der Waals surface area contributed by atoms with Gasteiger partial charge in [0.05, 0.1) is 19.1 Å². The van der Waals surface area contributed by atoms with E-state index in [4.69, 9.17) is 11.2 Å². The van der Waals surface area contributed by atoms with Gasteiger partial charge in [-0.25, -0.2) is 0 Å². The summed E-state index contributed by atoms with van der Waals surface area (Å²) in [5, 5.41) is 12.1. The zero-order valence-electron chi connectivity index (χ0n) is 10.0. The Hall–Kier alpha value is -1.05. The largest absolute Gasteiger partial charge is 0.391 e. The molecule has 0 bridgehead atoms. The molecule has 16 heavy (non-hydrogen) atoms. The molecule has 0 aromatic heterocycles. The molecule has 0 aliphatic heterocycles. The summed E-state index contributed by atoms with van der Waals surface area (Å²) in [7, 11) is 0. The van der Waals surface area contributed by atoms with E-state index in [9.17, 15) is 9.90 Å². The van der Waals surface area contributed by atoms with Gasteiger partial charge in [0, 0.05) is 6.54 Å². The van der Waals surface area contributed by atoms with Crippen LogP contribution < -0.4 is 5.32 Å². The minimum Gasteiger partial charge on any atom is -0.391 e. The number of amides is 1. The quantitative estimate of drug-likeness (QED) is 0.470. The molecule has 0 saturated carbocycles. The molecule has 0 saturated heterocycles. The van der Waals surface area contributed by atoms with Crippen molar-refractivity contribution in [3.63, 3.8) is 0 Å². The van der Waals surface area contributed by atoms with Gasteiger partial charge in [-0.15, -0.1) is 6.42 Å². The SMILES string of the molecule is C#CCOCCC(=O)NCC(O)CC(C)C. The Morgan fingerprint density at radius 3 is 2.81 bits per heavy atom. The summed E-state index contributed by atoms with van der Waals surface area (Å²) in [5.74, 6) is 2.62. The number of hydrogen-bond acceptors (Lipinski definition) is 3.